The summed E-state index contributed by atoms with van der Waals surface area (Å²) in [6.07, 6.45) is 4.13. The molecule has 1 N–H and O–H groups in total. The third-order valence-electron chi connectivity index (χ3n) is 2.85. The molecule has 0 amide bonds. The molecule has 4 nitrogen and oxygen atoms in total. The molecule has 2 aromatic heterocycles. The van der Waals surface area contributed by atoms with Gasteiger partial charge in [-0.2, -0.15) is 0 Å². The monoisotopic (exact) mass is 265 g/mol. The minimum absolute atomic E-state index is 0.677. The molecule has 2 heterocycles. The topological polar surface area (TPSA) is 42.8 Å². The van der Waals surface area contributed by atoms with Crippen molar-refractivity contribution in [3.8, 4) is 0 Å². The zero-order chi connectivity index (χ0) is 13.0. The minimum atomic E-state index is 0.677. The van der Waals surface area contributed by atoms with Crippen LogP contribution in [0, 0.1) is 11.7 Å². The molecule has 0 aromatic carbocycles. The van der Waals surface area contributed by atoms with Crippen LogP contribution in [0.3, 0.4) is 0 Å². The molecule has 0 atom stereocenters. The van der Waals surface area contributed by atoms with Gasteiger partial charge in [0.15, 0.2) is 10.4 Å². The van der Waals surface area contributed by atoms with E-state index in [2.05, 4.69) is 23.0 Å². The van der Waals surface area contributed by atoms with Crippen LogP contribution >= 0.6 is 12.2 Å². The van der Waals surface area contributed by atoms with Crippen LogP contribution in [0.25, 0.3) is 11.2 Å². The van der Waals surface area contributed by atoms with Gasteiger partial charge in [-0.25, -0.2) is 4.98 Å². The van der Waals surface area contributed by atoms with Gasteiger partial charge in [-0.05, 0) is 37.2 Å². The van der Waals surface area contributed by atoms with Gasteiger partial charge in [0.25, 0.3) is 0 Å². The average molecular weight is 265 g/mol. The van der Waals surface area contributed by atoms with Crippen molar-refractivity contribution in [3.05, 3.63) is 22.6 Å². The van der Waals surface area contributed by atoms with E-state index in [4.69, 9.17) is 17.0 Å². The third kappa shape index (κ3) is 2.97. The van der Waals surface area contributed by atoms with E-state index >= 15 is 0 Å². The Bertz CT molecular complexity index is 573. The number of ether oxygens (including phenoxy) is 1. The number of hydrogen-bond acceptors (Lipinski definition) is 3. The van der Waals surface area contributed by atoms with Crippen molar-refractivity contribution in [2.75, 3.05) is 13.2 Å². The van der Waals surface area contributed by atoms with Gasteiger partial charge in [0.05, 0.1) is 18.7 Å². The van der Waals surface area contributed by atoms with Gasteiger partial charge < -0.3 is 9.72 Å². The van der Waals surface area contributed by atoms with Crippen LogP contribution in [0.2, 0.25) is 0 Å². The predicted molar refractivity (Wildman–Crippen MR) is 75.4 cm³/mol. The predicted octanol–water partition coefficient (Wildman–Crippen LogP) is 3.22. The lowest BCUT2D eigenvalue weighted by Crippen LogP contribution is -2.07. The van der Waals surface area contributed by atoms with Crippen molar-refractivity contribution in [2.45, 2.75) is 33.2 Å². The van der Waals surface area contributed by atoms with Crippen LogP contribution in [-0.2, 0) is 11.3 Å². The molecule has 2 aromatic rings. The van der Waals surface area contributed by atoms with Crippen LogP contribution in [-0.4, -0.2) is 27.7 Å². The number of aryl methyl sites for hydroxylation is 1. The summed E-state index contributed by atoms with van der Waals surface area (Å²) in [5, 5.41) is 0. The Kier molecular flexibility index (Phi) is 4.49. The maximum absolute atomic E-state index is 5.57. The zero-order valence-corrected chi connectivity index (χ0v) is 11.7. The molecule has 0 saturated heterocycles. The van der Waals surface area contributed by atoms with Crippen LogP contribution < -0.4 is 0 Å². The normalized spacial score (nSPS) is 11.2. The molecule has 0 unspecified atom stereocenters. The number of nitrogens with zero attached hydrogens (tertiary/aromatic N) is 2. The van der Waals surface area contributed by atoms with Crippen molar-refractivity contribution in [1.82, 2.24) is 14.5 Å². The highest BCUT2D eigenvalue weighted by Gasteiger charge is 2.05. The highest BCUT2D eigenvalue weighted by Crippen LogP contribution is 2.12. The Balaban J connectivity index is 2.08. The van der Waals surface area contributed by atoms with Crippen LogP contribution in [0.15, 0.2) is 12.3 Å². The molecule has 0 spiro atoms. The first-order chi connectivity index (χ1) is 8.72. The van der Waals surface area contributed by atoms with E-state index in [0.29, 0.717) is 11.4 Å². The Labute approximate surface area is 112 Å². The summed E-state index contributed by atoms with van der Waals surface area (Å²) in [5.41, 5.74) is 3.03. The number of fused-ring (bicyclic) bond motifs is 1. The quantitative estimate of drug-likeness (QED) is 0.644. The van der Waals surface area contributed by atoms with E-state index in [1.54, 1.807) is 0 Å². The largest absolute Gasteiger partial charge is 0.380 e. The lowest BCUT2D eigenvalue weighted by molar-refractivity contribution is 0.124. The van der Waals surface area contributed by atoms with Gasteiger partial charge in [0.2, 0.25) is 0 Å². The molecule has 0 aliphatic rings. The SMILES string of the molecule is CCCCOCCn1c(=S)[nH]c2cc(C)cnc21. The Hall–Kier alpha value is -1.20. The third-order valence-corrected chi connectivity index (χ3v) is 3.17. The van der Waals surface area contributed by atoms with Crippen molar-refractivity contribution in [2.24, 2.45) is 0 Å². The second-order valence-electron chi connectivity index (χ2n) is 4.43. The van der Waals surface area contributed by atoms with Crippen LogP contribution in [0.1, 0.15) is 25.3 Å². The minimum Gasteiger partial charge on any atom is -0.380 e. The summed E-state index contributed by atoms with van der Waals surface area (Å²) in [7, 11) is 0. The fourth-order valence-electron chi connectivity index (χ4n) is 1.86. The van der Waals surface area contributed by atoms with Gasteiger partial charge in [-0.1, -0.05) is 13.3 Å². The first-order valence-corrected chi connectivity index (χ1v) is 6.76. The molecule has 0 radical (unpaired) electrons. The lowest BCUT2D eigenvalue weighted by Gasteiger charge is -2.05. The van der Waals surface area contributed by atoms with Crippen molar-refractivity contribution in [3.63, 3.8) is 0 Å². The smallest absolute Gasteiger partial charge is 0.179 e. The fourth-order valence-corrected chi connectivity index (χ4v) is 2.15. The maximum Gasteiger partial charge on any atom is 0.179 e. The molecule has 5 heteroatoms. The van der Waals surface area contributed by atoms with Crippen molar-refractivity contribution >= 4 is 23.4 Å². The fraction of sp³-hybridized carbons (Fsp3) is 0.538. The van der Waals surface area contributed by atoms with Crippen LogP contribution in [0.5, 0.6) is 0 Å². The highest BCUT2D eigenvalue weighted by atomic mass is 32.1. The molecule has 0 bridgehead atoms. The van der Waals surface area contributed by atoms with Gasteiger partial charge in [0, 0.05) is 12.8 Å². The summed E-state index contributed by atoms with van der Waals surface area (Å²) in [4.78, 5) is 7.61. The number of unbranched alkanes of at least 4 members (excludes halogenated alkanes) is 1. The van der Waals surface area contributed by atoms with E-state index in [0.717, 1.165) is 42.7 Å². The van der Waals surface area contributed by atoms with Gasteiger partial charge in [-0.3, -0.25) is 4.57 Å². The molecular formula is C13H19N3OS. The van der Waals surface area contributed by atoms with Crippen LogP contribution in [0.4, 0.5) is 0 Å². The maximum atomic E-state index is 5.57. The zero-order valence-electron chi connectivity index (χ0n) is 10.9. The summed E-state index contributed by atoms with van der Waals surface area (Å²) in [6, 6.07) is 2.06. The van der Waals surface area contributed by atoms with E-state index < -0.39 is 0 Å². The molecule has 98 valence electrons. The molecule has 0 fully saturated rings. The Morgan fingerprint density at radius 2 is 2.28 bits per heavy atom. The molecule has 0 aliphatic carbocycles. The second kappa shape index (κ2) is 6.11. The van der Waals surface area contributed by atoms with E-state index in [1.165, 1.54) is 0 Å². The number of H-pyrrole nitrogens is 1. The summed E-state index contributed by atoms with van der Waals surface area (Å²) >= 11 is 5.31. The number of pyridine rings is 1. The lowest BCUT2D eigenvalue weighted by atomic mass is 10.3. The average Bonchev–Trinajstić information content (AvgIpc) is 2.64. The van der Waals surface area contributed by atoms with E-state index in [9.17, 15) is 0 Å². The standard InChI is InChI=1S/C13H19N3OS/c1-3-4-6-17-7-5-16-12-11(15-13(16)18)8-10(2)9-14-12/h8-9H,3-7H2,1-2H3,(H,15,18). The molecule has 0 aliphatic heterocycles. The highest BCUT2D eigenvalue weighted by molar-refractivity contribution is 7.71. The number of hydrogen-bond donors (Lipinski definition) is 1. The Morgan fingerprint density at radius 3 is 3.06 bits per heavy atom. The summed E-state index contributed by atoms with van der Waals surface area (Å²) in [5.74, 6) is 0. The number of aromatic amines is 1. The molecule has 18 heavy (non-hydrogen) atoms. The van der Waals surface area contributed by atoms with E-state index in [1.807, 2.05) is 17.7 Å². The number of nitrogens with one attached hydrogen (secondary N) is 1. The van der Waals surface area contributed by atoms with Gasteiger partial charge in [0.1, 0.15) is 0 Å². The first-order valence-electron chi connectivity index (χ1n) is 6.35. The summed E-state index contributed by atoms with van der Waals surface area (Å²) in [6.45, 7) is 6.42. The molecule has 0 saturated carbocycles. The van der Waals surface area contributed by atoms with Crippen molar-refractivity contribution < 1.29 is 4.74 Å². The second-order valence-corrected chi connectivity index (χ2v) is 4.82. The first kappa shape index (κ1) is 13.2. The Morgan fingerprint density at radius 1 is 1.44 bits per heavy atom. The van der Waals surface area contributed by atoms with E-state index in [-0.39, 0.29) is 0 Å². The van der Waals surface area contributed by atoms with Gasteiger partial charge >= 0.3 is 0 Å². The number of imidazole rings is 1. The van der Waals surface area contributed by atoms with Gasteiger partial charge in [-0.15, -0.1) is 0 Å². The number of aromatic nitrogens is 3. The number of rotatable bonds is 6. The summed E-state index contributed by atoms with van der Waals surface area (Å²) < 4.78 is 8.27. The molecular weight excluding hydrogens is 246 g/mol. The molecule has 2 rings (SSSR count). The van der Waals surface area contributed by atoms with Crippen molar-refractivity contribution in [1.29, 1.82) is 0 Å².